The standard InChI is InChI=1S/C9H8O2.C8H10AsNO5/c10-9(11)7-6-8-4-2-1-3-5-8;1-6(11)10-8-5-3-2-4-7(8)9(12,13)15-14/h1-7H,(H,10,11);2-5,14H,1H3,(H,10,11)(H,12,13). The minimum absolute atomic E-state index is 0.103. The molecule has 0 heterocycles. The Morgan fingerprint density at radius 1 is 1.08 bits per heavy atom. The average molecular weight is 423 g/mol. The summed E-state index contributed by atoms with van der Waals surface area (Å²) in [6.07, 6.45) is 2.68. The Morgan fingerprint density at radius 2 is 1.65 bits per heavy atom. The molecule has 8 nitrogen and oxygen atoms in total. The van der Waals surface area contributed by atoms with Crippen molar-refractivity contribution in [2.24, 2.45) is 0 Å². The van der Waals surface area contributed by atoms with Crippen molar-refractivity contribution in [2.75, 3.05) is 5.32 Å². The molecule has 1 amide bonds. The van der Waals surface area contributed by atoms with Gasteiger partial charge in [-0.15, -0.1) is 0 Å². The van der Waals surface area contributed by atoms with Crippen LogP contribution in [-0.2, 0) is 17.2 Å². The molecule has 0 aliphatic rings. The summed E-state index contributed by atoms with van der Waals surface area (Å²) in [4.78, 5) is 20.9. The van der Waals surface area contributed by atoms with Gasteiger partial charge >= 0.3 is 94.4 Å². The Bertz CT molecular complexity index is 821. The predicted octanol–water partition coefficient (Wildman–Crippen LogP) is 1.49. The zero-order valence-corrected chi connectivity index (χ0v) is 15.6. The minimum atomic E-state index is -4.92. The van der Waals surface area contributed by atoms with Crippen LogP contribution in [0.4, 0.5) is 5.69 Å². The van der Waals surface area contributed by atoms with Gasteiger partial charge in [-0.25, -0.2) is 4.79 Å². The Hall–Kier alpha value is -2.64. The number of carbonyl (C=O) groups excluding carboxylic acids is 1. The third kappa shape index (κ3) is 7.50. The second-order valence-electron chi connectivity index (χ2n) is 4.88. The molecule has 0 aliphatic heterocycles. The molecule has 4 N–H and O–H groups in total. The Kier molecular flexibility index (Phi) is 8.54. The molecule has 26 heavy (non-hydrogen) atoms. The molecule has 2 aromatic carbocycles. The first kappa shape index (κ1) is 21.4. The minimum Gasteiger partial charge on any atom is -0.478 e. The number of hydrogen-bond donors (Lipinski definition) is 4. The molecule has 2 aromatic rings. The van der Waals surface area contributed by atoms with Crippen LogP contribution in [0.25, 0.3) is 6.08 Å². The summed E-state index contributed by atoms with van der Waals surface area (Å²) < 4.78 is 24.1. The average Bonchev–Trinajstić information content (AvgIpc) is 2.61. The first-order valence-electron chi connectivity index (χ1n) is 7.25. The second kappa shape index (κ2) is 10.4. The van der Waals surface area contributed by atoms with Gasteiger partial charge in [-0.1, -0.05) is 30.3 Å². The van der Waals surface area contributed by atoms with Gasteiger partial charge in [0.05, 0.1) is 0 Å². The molecule has 9 heteroatoms. The van der Waals surface area contributed by atoms with Gasteiger partial charge in [0.25, 0.3) is 0 Å². The molecule has 2 rings (SSSR count). The quantitative estimate of drug-likeness (QED) is 0.248. The summed E-state index contributed by atoms with van der Waals surface area (Å²) in [6.45, 7) is 1.27. The van der Waals surface area contributed by atoms with Crippen molar-refractivity contribution in [3.05, 3.63) is 66.2 Å². The molecule has 1 unspecified atom stereocenters. The SMILES string of the molecule is CC(=O)Nc1ccccc1[As](=O)(O)OO.O=C(O)C=Cc1ccccc1. The summed E-state index contributed by atoms with van der Waals surface area (Å²) in [7, 11) is 0. The zero-order valence-electron chi connectivity index (χ0n) is 13.8. The van der Waals surface area contributed by atoms with Crippen molar-refractivity contribution in [3.8, 4) is 0 Å². The topological polar surface area (TPSA) is 133 Å². The van der Waals surface area contributed by atoms with Gasteiger partial charge in [-0.05, 0) is 11.6 Å². The largest absolute Gasteiger partial charge is 0.478 e. The Labute approximate surface area is 152 Å². The zero-order chi connectivity index (χ0) is 19.6. The molecule has 138 valence electrons. The maximum atomic E-state index is 11.4. The molecule has 0 saturated carbocycles. The number of hydrogen-bond acceptors (Lipinski definition) is 5. The normalized spacial score (nSPS) is 12.6. The Balaban J connectivity index is 0.000000273. The fourth-order valence-corrected chi connectivity index (χ4v) is 3.46. The number of amides is 1. The van der Waals surface area contributed by atoms with E-state index in [1.807, 2.05) is 30.3 Å². The molecule has 0 aromatic heterocycles. The number of carbonyl (C=O) groups is 2. The smallest absolute Gasteiger partial charge is 0.328 e. The molecule has 1 atom stereocenters. The Morgan fingerprint density at radius 3 is 2.19 bits per heavy atom. The summed E-state index contributed by atoms with van der Waals surface area (Å²) in [5, 5.41) is 19.0. The van der Waals surface area contributed by atoms with Crippen LogP contribution in [0.5, 0.6) is 0 Å². The summed E-state index contributed by atoms with van der Waals surface area (Å²) >= 11 is -4.92. The summed E-state index contributed by atoms with van der Waals surface area (Å²) in [5.41, 5.74) is 1.05. The molecule has 0 fully saturated rings. The molecule has 0 aliphatic carbocycles. The third-order valence-electron chi connectivity index (χ3n) is 2.85. The van der Waals surface area contributed by atoms with Crippen LogP contribution in [0.3, 0.4) is 0 Å². The van der Waals surface area contributed by atoms with E-state index in [0.29, 0.717) is 0 Å². The van der Waals surface area contributed by atoms with Crippen LogP contribution in [0.2, 0.25) is 0 Å². The van der Waals surface area contributed by atoms with Gasteiger partial charge in [0, 0.05) is 6.08 Å². The van der Waals surface area contributed by atoms with E-state index < -0.39 is 20.1 Å². The molecular weight excluding hydrogens is 405 g/mol. The number of para-hydroxylation sites is 1. The number of nitrogens with one attached hydrogen (secondary N) is 1. The number of benzene rings is 2. The molecular formula is C17H18AsNO7. The van der Waals surface area contributed by atoms with Gasteiger partial charge in [0.15, 0.2) is 0 Å². The number of aliphatic carboxylic acids is 1. The van der Waals surface area contributed by atoms with Gasteiger partial charge in [0.2, 0.25) is 0 Å². The van der Waals surface area contributed by atoms with Crippen molar-refractivity contribution in [1.82, 2.24) is 0 Å². The number of anilines is 1. The van der Waals surface area contributed by atoms with Gasteiger partial charge in [0.1, 0.15) is 0 Å². The van der Waals surface area contributed by atoms with Crippen molar-refractivity contribution in [2.45, 2.75) is 6.92 Å². The van der Waals surface area contributed by atoms with E-state index in [0.717, 1.165) is 11.6 Å². The number of carboxylic acids is 1. The molecule has 0 saturated heterocycles. The van der Waals surface area contributed by atoms with E-state index in [9.17, 15) is 17.4 Å². The predicted molar refractivity (Wildman–Crippen MR) is 95.9 cm³/mol. The second-order valence-corrected chi connectivity index (χ2v) is 8.42. The van der Waals surface area contributed by atoms with Crippen molar-refractivity contribution < 1.29 is 31.7 Å². The van der Waals surface area contributed by atoms with E-state index in [4.69, 9.17) is 10.4 Å². The maximum absolute atomic E-state index is 11.4. The number of carboxylic acid groups (broad SMARTS) is 1. The molecule has 0 bridgehead atoms. The molecule has 0 radical (unpaired) electrons. The van der Waals surface area contributed by atoms with Crippen molar-refractivity contribution in [1.29, 1.82) is 0 Å². The first-order chi connectivity index (χ1) is 12.3. The van der Waals surface area contributed by atoms with Crippen molar-refractivity contribution in [3.63, 3.8) is 0 Å². The van der Waals surface area contributed by atoms with E-state index in [-0.39, 0.29) is 15.9 Å². The van der Waals surface area contributed by atoms with E-state index in [1.54, 1.807) is 12.1 Å². The van der Waals surface area contributed by atoms with Crippen molar-refractivity contribution >= 4 is 42.2 Å². The van der Waals surface area contributed by atoms with Gasteiger partial charge < -0.3 is 5.11 Å². The van der Waals surface area contributed by atoms with E-state index in [2.05, 4.69) is 9.19 Å². The van der Waals surface area contributed by atoms with Crippen LogP contribution in [0.1, 0.15) is 12.5 Å². The fourth-order valence-electron chi connectivity index (χ4n) is 1.79. The maximum Gasteiger partial charge on any atom is 0.328 e. The van der Waals surface area contributed by atoms with Crippen LogP contribution >= 0.6 is 0 Å². The van der Waals surface area contributed by atoms with E-state index >= 15 is 0 Å². The number of rotatable bonds is 5. The van der Waals surface area contributed by atoms with Gasteiger partial charge in [-0.3, -0.25) is 0 Å². The van der Waals surface area contributed by atoms with Gasteiger partial charge in [-0.2, -0.15) is 0 Å². The summed E-state index contributed by atoms with van der Waals surface area (Å²) in [6, 6.07) is 15.1. The van der Waals surface area contributed by atoms with Crippen LogP contribution in [-0.4, -0.2) is 40.5 Å². The van der Waals surface area contributed by atoms with Crippen LogP contribution < -0.4 is 9.67 Å². The monoisotopic (exact) mass is 423 g/mol. The molecule has 0 spiro atoms. The third-order valence-corrected chi connectivity index (χ3v) is 5.41. The van der Waals surface area contributed by atoms with E-state index in [1.165, 1.54) is 25.1 Å². The van der Waals surface area contributed by atoms with Crippen LogP contribution in [0, 0.1) is 0 Å². The first-order valence-corrected chi connectivity index (χ1v) is 10.6. The fraction of sp³-hybridized carbons (Fsp3) is 0.0588. The summed E-state index contributed by atoms with van der Waals surface area (Å²) in [5.74, 6) is -1.30. The van der Waals surface area contributed by atoms with Crippen LogP contribution in [0.15, 0.2) is 60.7 Å².